The van der Waals surface area contributed by atoms with Crippen LogP contribution in [0.5, 0.6) is 11.5 Å². The Morgan fingerprint density at radius 1 is 1.15 bits per heavy atom. The summed E-state index contributed by atoms with van der Waals surface area (Å²) in [6.07, 6.45) is 1.47. The average molecular weight is 526 g/mol. The van der Waals surface area contributed by atoms with Crippen LogP contribution in [0, 0.1) is 18.3 Å². The molecule has 7 heteroatoms. The molecule has 3 rings (SSSR count). The van der Waals surface area contributed by atoms with Gasteiger partial charge in [-0.05, 0) is 73.0 Å². The van der Waals surface area contributed by atoms with Gasteiger partial charge in [-0.3, -0.25) is 4.79 Å². The van der Waals surface area contributed by atoms with Crippen LogP contribution in [0.25, 0.3) is 6.08 Å². The van der Waals surface area contributed by atoms with E-state index in [1.54, 1.807) is 36.4 Å². The fourth-order valence-corrected chi connectivity index (χ4v) is 3.58. The maximum absolute atomic E-state index is 12.6. The summed E-state index contributed by atoms with van der Waals surface area (Å²) in [5.41, 5.74) is 3.22. The molecule has 0 saturated heterocycles. The minimum atomic E-state index is -0.520. The molecule has 0 bridgehead atoms. The number of anilines is 1. The number of ether oxygens (including phenoxy) is 2. The number of rotatable bonds is 8. The number of hydrogen-bond acceptors (Lipinski definition) is 4. The van der Waals surface area contributed by atoms with Crippen molar-refractivity contribution in [2.75, 3.05) is 11.9 Å². The maximum Gasteiger partial charge on any atom is 0.266 e. The van der Waals surface area contributed by atoms with Gasteiger partial charge in [-0.25, -0.2) is 0 Å². The third kappa shape index (κ3) is 6.61. The van der Waals surface area contributed by atoms with E-state index in [0.717, 1.165) is 15.6 Å². The predicted molar refractivity (Wildman–Crippen MR) is 134 cm³/mol. The standard InChI is InChI=1S/C26H22BrClN2O3/c1-3-32-24-14-18(12-20(15-29)26(31)30-22-10-8-21(27)9-11-22)13-23(28)25(24)33-16-19-7-5-4-6-17(19)2/h4-14H,3,16H2,1-2H3,(H,30,31)/b20-12+. The topological polar surface area (TPSA) is 71.3 Å². The molecule has 0 fully saturated rings. The van der Waals surface area contributed by atoms with Crippen LogP contribution in [0.3, 0.4) is 0 Å². The summed E-state index contributed by atoms with van der Waals surface area (Å²) in [4.78, 5) is 12.6. The number of amides is 1. The third-order valence-corrected chi connectivity index (χ3v) is 5.55. The number of nitrogens with zero attached hydrogens (tertiary/aromatic N) is 1. The number of hydrogen-bond donors (Lipinski definition) is 1. The average Bonchev–Trinajstić information content (AvgIpc) is 2.79. The van der Waals surface area contributed by atoms with Crippen LogP contribution in [-0.2, 0) is 11.4 Å². The monoisotopic (exact) mass is 524 g/mol. The molecule has 0 spiro atoms. The molecule has 0 aliphatic carbocycles. The van der Waals surface area contributed by atoms with Crippen molar-refractivity contribution in [2.45, 2.75) is 20.5 Å². The quantitative estimate of drug-likeness (QED) is 0.256. The van der Waals surface area contributed by atoms with Gasteiger partial charge in [0.1, 0.15) is 18.2 Å². The number of benzene rings is 3. The van der Waals surface area contributed by atoms with Gasteiger partial charge in [0, 0.05) is 10.2 Å². The zero-order chi connectivity index (χ0) is 23.8. The normalized spacial score (nSPS) is 10.9. The highest BCUT2D eigenvalue weighted by molar-refractivity contribution is 9.10. The third-order valence-electron chi connectivity index (χ3n) is 4.74. The molecule has 0 heterocycles. The lowest BCUT2D eigenvalue weighted by atomic mass is 10.1. The van der Waals surface area contributed by atoms with Crippen LogP contribution in [0.1, 0.15) is 23.6 Å². The second-order valence-electron chi connectivity index (χ2n) is 7.11. The van der Waals surface area contributed by atoms with Crippen LogP contribution in [0.15, 0.2) is 70.7 Å². The van der Waals surface area contributed by atoms with Crippen LogP contribution in [-0.4, -0.2) is 12.5 Å². The van der Waals surface area contributed by atoms with Gasteiger partial charge in [0.05, 0.1) is 11.6 Å². The molecule has 5 nitrogen and oxygen atoms in total. The summed E-state index contributed by atoms with van der Waals surface area (Å²) in [7, 11) is 0. The first-order chi connectivity index (χ1) is 15.9. The molecule has 0 radical (unpaired) electrons. The predicted octanol–water partition coefficient (Wildman–Crippen LogP) is 6.93. The number of nitriles is 1. The summed E-state index contributed by atoms with van der Waals surface area (Å²) in [6.45, 7) is 4.61. The van der Waals surface area contributed by atoms with E-state index in [1.165, 1.54) is 6.08 Å². The summed E-state index contributed by atoms with van der Waals surface area (Å²) >= 11 is 9.85. The zero-order valence-electron chi connectivity index (χ0n) is 18.2. The second-order valence-corrected chi connectivity index (χ2v) is 8.43. The Morgan fingerprint density at radius 3 is 2.55 bits per heavy atom. The van der Waals surface area contributed by atoms with E-state index in [4.69, 9.17) is 21.1 Å². The van der Waals surface area contributed by atoms with Gasteiger partial charge in [-0.2, -0.15) is 5.26 Å². The molecule has 3 aromatic rings. The highest BCUT2D eigenvalue weighted by atomic mass is 79.9. The van der Waals surface area contributed by atoms with E-state index in [2.05, 4.69) is 21.2 Å². The van der Waals surface area contributed by atoms with Gasteiger partial charge in [-0.1, -0.05) is 51.8 Å². The molecular formula is C26H22BrClN2O3. The van der Waals surface area contributed by atoms with Crippen LogP contribution < -0.4 is 14.8 Å². The molecular weight excluding hydrogens is 504 g/mol. The Kier molecular flexibility index (Phi) is 8.53. The molecule has 0 aromatic heterocycles. The van der Waals surface area contributed by atoms with Crippen molar-refractivity contribution >= 4 is 45.2 Å². The lowest BCUT2D eigenvalue weighted by Gasteiger charge is -2.15. The van der Waals surface area contributed by atoms with Gasteiger partial charge in [-0.15, -0.1) is 0 Å². The summed E-state index contributed by atoms with van der Waals surface area (Å²) < 4.78 is 12.6. The number of halogens is 2. The Balaban J connectivity index is 1.85. The van der Waals surface area contributed by atoms with Crippen molar-refractivity contribution in [2.24, 2.45) is 0 Å². The van der Waals surface area contributed by atoms with Gasteiger partial charge < -0.3 is 14.8 Å². The summed E-state index contributed by atoms with van der Waals surface area (Å²) in [5, 5.41) is 12.6. The van der Waals surface area contributed by atoms with E-state index in [0.29, 0.717) is 41.0 Å². The number of nitrogens with one attached hydrogen (secondary N) is 1. The van der Waals surface area contributed by atoms with Crippen molar-refractivity contribution in [1.82, 2.24) is 0 Å². The van der Waals surface area contributed by atoms with Crippen molar-refractivity contribution in [3.63, 3.8) is 0 Å². The van der Waals surface area contributed by atoms with E-state index >= 15 is 0 Å². The minimum absolute atomic E-state index is 0.0648. The van der Waals surface area contributed by atoms with Gasteiger partial charge in [0.25, 0.3) is 5.91 Å². The van der Waals surface area contributed by atoms with E-state index in [9.17, 15) is 10.1 Å². The second kappa shape index (κ2) is 11.6. The molecule has 3 aromatic carbocycles. The SMILES string of the molecule is CCOc1cc(/C=C(\C#N)C(=O)Nc2ccc(Br)cc2)cc(Cl)c1OCc1ccccc1C. The summed E-state index contributed by atoms with van der Waals surface area (Å²) in [5.74, 6) is 0.334. The van der Waals surface area contributed by atoms with E-state index < -0.39 is 5.91 Å². The molecule has 0 aliphatic heterocycles. The Hall–Kier alpha value is -3.27. The van der Waals surface area contributed by atoms with E-state index in [-0.39, 0.29) is 5.57 Å². The highest BCUT2D eigenvalue weighted by Crippen LogP contribution is 2.38. The van der Waals surface area contributed by atoms with Crippen molar-refractivity contribution in [3.8, 4) is 17.6 Å². The van der Waals surface area contributed by atoms with Crippen molar-refractivity contribution in [1.29, 1.82) is 5.26 Å². The number of carbonyl (C=O) groups excluding carboxylic acids is 1. The lowest BCUT2D eigenvalue weighted by Crippen LogP contribution is -2.13. The fraction of sp³-hybridized carbons (Fsp3) is 0.154. The molecule has 1 N–H and O–H groups in total. The van der Waals surface area contributed by atoms with Crippen molar-refractivity contribution < 1.29 is 14.3 Å². The first-order valence-electron chi connectivity index (χ1n) is 10.2. The van der Waals surface area contributed by atoms with Gasteiger partial charge >= 0.3 is 0 Å². The first kappa shape index (κ1) is 24.4. The Labute approximate surface area is 206 Å². The molecule has 0 unspecified atom stereocenters. The van der Waals surface area contributed by atoms with Crippen LogP contribution >= 0.6 is 27.5 Å². The van der Waals surface area contributed by atoms with Crippen LogP contribution in [0.4, 0.5) is 5.69 Å². The highest BCUT2D eigenvalue weighted by Gasteiger charge is 2.15. The fourth-order valence-electron chi connectivity index (χ4n) is 3.04. The molecule has 0 atom stereocenters. The molecule has 33 heavy (non-hydrogen) atoms. The minimum Gasteiger partial charge on any atom is -0.490 e. The van der Waals surface area contributed by atoms with Crippen LogP contribution in [0.2, 0.25) is 5.02 Å². The maximum atomic E-state index is 12.6. The van der Waals surface area contributed by atoms with E-state index in [1.807, 2.05) is 44.2 Å². The molecule has 1 amide bonds. The van der Waals surface area contributed by atoms with Gasteiger partial charge in [0.2, 0.25) is 0 Å². The molecule has 168 valence electrons. The van der Waals surface area contributed by atoms with Crippen molar-refractivity contribution in [3.05, 3.63) is 92.4 Å². The zero-order valence-corrected chi connectivity index (χ0v) is 20.5. The Morgan fingerprint density at radius 2 is 1.88 bits per heavy atom. The smallest absolute Gasteiger partial charge is 0.266 e. The molecule has 0 saturated carbocycles. The largest absolute Gasteiger partial charge is 0.490 e. The Bertz CT molecular complexity index is 1220. The number of aryl methyl sites for hydroxylation is 1. The van der Waals surface area contributed by atoms with Gasteiger partial charge in [0.15, 0.2) is 11.5 Å². The summed E-state index contributed by atoms with van der Waals surface area (Å²) in [6, 6.07) is 20.3. The molecule has 0 aliphatic rings. The number of carbonyl (C=O) groups is 1. The lowest BCUT2D eigenvalue weighted by molar-refractivity contribution is -0.112. The first-order valence-corrected chi connectivity index (χ1v) is 11.4.